The number of aryl methyl sites for hydroxylation is 1. The molecule has 4 nitrogen and oxygen atoms in total. The lowest BCUT2D eigenvalue weighted by Crippen LogP contribution is -2.33. The van der Waals surface area contributed by atoms with Crippen molar-refractivity contribution in [3.05, 3.63) is 17.0 Å². The Morgan fingerprint density at radius 1 is 1.41 bits per heavy atom. The molecule has 0 radical (unpaired) electrons. The van der Waals surface area contributed by atoms with Crippen molar-refractivity contribution in [3.8, 4) is 0 Å². The van der Waals surface area contributed by atoms with E-state index in [1.165, 1.54) is 25.9 Å². The summed E-state index contributed by atoms with van der Waals surface area (Å²) in [4.78, 5) is 10.6. The number of aromatic nitrogens is 2. The maximum atomic E-state index is 5.82. The second kappa shape index (κ2) is 5.65. The van der Waals surface area contributed by atoms with E-state index in [-0.39, 0.29) is 0 Å². The molecule has 0 spiro atoms. The van der Waals surface area contributed by atoms with Crippen LogP contribution in [0.3, 0.4) is 0 Å². The van der Waals surface area contributed by atoms with Gasteiger partial charge in [0, 0.05) is 18.3 Å². The van der Waals surface area contributed by atoms with Crippen molar-refractivity contribution in [2.24, 2.45) is 5.92 Å². The fraction of sp³-hybridized carbons (Fsp3) is 0.667. The molecule has 1 aliphatic rings. The summed E-state index contributed by atoms with van der Waals surface area (Å²) >= 11 is 5.82. The Bertz CT molecular complexity index is 355. The summed E-state index contributed by atoms with van der Waals surface area (Å²) in [6.45, 7) is 5.28. The Morgan fingerprint density at radius 3 is 2.76 bits per heavy atom. The molecule has 0 aromatic carbocycles. The molecule has 0 atom stereocenters. The number of halogens is 1. The normalized spacial score (nSPS) is 18.3. The van der Waals surface area contributed by atoms with Gasteiger partial charge in [-0.3, -0.25) is 0 Å². The average Bonchev–Trinajstić information content (AvgIpc) is 2.27. The summed E-state index contributed by atoms with van der Waals surface area (Å²) in [5.41, 5.74) is 0.899. The fourth-order valence-electron chi connectivity index (χ4n) is 2.14. The highest BCUT2D eigenvalue weighted by molar-refractivity contribution is 6.28. The largest absolute Gasteiger partial charge is 0.370 e. The zero-order chi connectivity index (χ0) is 12.3. The van der Waals surface area contributed by atoms with Crippen LogP contribution in [0.25, 0.3) is 0 Å². The van der Waals surface area contributed by atoms with E-state index >= 15 is 0 Å². The lowest BCUT2D eigenvalue weighted by atomic mass is 9.97. The van der Waals surface area contributed by atoms with Gasteiger partial charge in [0.1, 0.15) is 5.82 Å². The van der Waals surface area contributed by atoms with Gasteiger partial charge in [-0.05, 0) is 57.4 Å². The van der Waals surface area contributed by atoms with Gasteiger partial charge in [-0.25, -0.2) is 9.97 Å². The molecule has 2 heterocycles. The number of nitrogens with one attached hydrogen (secondary N) is 1. The van der Waals surface area contributed by atoms with E-state index in [1.807, 2.05) is 13.0 Å². The summed E-state index contributed by atoms with van der Waals surface area (Å²) < 4.78 is 0. The molecule has 0 aliphatic carbocycles. The zero-order valence-corrected chi connectivity index (χ0v) is 11.2. The SMILES string of the molecule is Cc1cc(NCC2CCN(C)CC2)nc(Cl)n1. The lowest BCUT2D eigenvalue weighted by Gasteiger charge is -2.29. The monoisotopic (exact) mass is 254 g/mol. The first-order valence-corrected chi connectivity index (χ1v) is 6.45. The van der Waals surface area contributed by atoms with Crippen molar-refractivity contribution in [3.63, 3.8) is 0 Å². The molecule has 2 rings (SSSR count). The number of hydrogen-bond donors (Lipinski definition) is 1. The van der Waals surface area contributed by atoms with Gasteiger partial charge >= 0.3 is 0 Å². The maximum Gasteiger partial charge on any atom is 0.224 e. The third-order valence-electron chi connectivity index (χ3n) is 3.24. The molecule has 1 N–H and O–H groups in total. The van der Waals surface area contributed by atoms with Crippen LogP contribution in [0.2, 0.25) is 5.28 Å². The molecule has 0 saturated carbocycles. The van der Waals surface area contributed by atoms with Crippen LogP contribution in [0.4, 0.5) is 5.82 Å². The van der Waals surface area contributed by atoms with E-state index in [0.717, 1.165) is 24.0 Å². The van der Waals surface area contributed by atoms with E-state index in [4.69, 9.17) is 11.6 Å². The van der Waals surface area contributed by atoms with Crippen molar-refractivity contribution in [1.82, 2.24) is 14.9 Å². The minimum absolute atomic E-state index is 0.316. The molecule has 0 unspecified atom stereocenters. The Balaban J connectivity index is 1.85. The van der Waals surface area contributed by atoms with Gasteiger partial charge < -0.3 is 10.2 Å². The molecule has 1 aromatic heterocycles. The van der Waals surface area contributed by atoms with E-state index in [2.05, 4.69) is 27.2 Å². The first kappa shape index (κ1) is 12.6. The summed E-state index contributed by atoms with van der Waals surface area (Å²) in [5.74, 6) is 1.57. The summed E-state index contributed by atoms with van der Waals surface area (Å²) in [7, 11) is 2.18. The summed E-state index contributed by atoms with van der Waals surface area (Å²) in [6, 6.07) is 1.93. The lowest BCUT2D eigenvalue weighted by molar-refractivity contribution is 0.226. The number of hydrogen-bond acceptors (Lipinski definition) is 4. The molecule has 1 saturated heterocycles. The van der Waals surface area contributed by atoms with Crippen molar-refractivity contribution < 1.29 is 0 Å². The Morgan fingerprint density at radius 2 is 2.12 bits per heavy atom. The first-order chi connectivity index (χ1) is 8.13. The van der Waals surface area contributed by atoms with Gasteiger partial charge in [-0.15, -0.1) is 0 Å². The average molecular weight is 255 g/mol. The maximum absolute atomic E-state index is 5.82. The molecule has 1 aromatic rings. The zero-order valence-electron chi connectivity index (χ0n) is 10.4. The minimum atomic E-state index is 0.316. The van der Waals surface area contributed by atoms with E-state index in [1.54, 1.807) is 0 Å². The number of anilines is 1. The molecule has 5 heteroatoms. The van der Waals surface area contributed by atoms with E-state index in [9.17, 15) is 0 Å². The van der Waals surface area contributed by atoms with Crippen LogP contribution in [0.5, 0.6) is 0 Å². The summed E-state index contributed by atoms with van der Waals surface area (Å²) in [5, 5.41) is 3.67. The number of nitrogens with zero attached hydrogens (tertiary/aromatic N) is 3. The summed E-state index contributed by atoms with van der Waals surface area (Å²) in [6.07, 6.45) is 2.50. The molecule has 1 fully saturated rings. The highest BCUT2D eigenvalue weighted by Crippen LogP contribution is 2.17. The van der Waals surface area contributed by atoms with Crippen LogP contribution in [-0.2, 0) is 0 Å². The molecule has 1 aliphatic heterocycles. The Labute approximate surface area is 107 Å². The highest BCUT2D eigenvalue weighted by atomic mass is 35.5. The van der Waals surface area contributed by atoms with Crippen molar-refractivity contribution >= 4 is 17.4 Å². The smallest absolute Gasteiger partial charge is 0.224 e. The topological polar surface area (TPSA) is 41.0 Å². The van der Waals surface area contributed by atoms with E-state index < -0.39 is 0 Å². The van der Waals surface area contributed by atoms with Gasteiger partial charge in [0.05, 0.1) is 0 Å². The van der Waals surface area contributed by atoms with Gasteiger partial charge in [0.15, 0.2) is 0 Å². The highest BCUT2D eigenvalue weighted by Gasteiger charge is 2.16. The molecule has 0 bridgehead atoms. The standard InChI is InChI=1S/C12H19ClN4/c1-9-7-11(16-12(13)15-9)14-8-10-3-5-17(2)6-4-10/h7,10H,3-6,8H2,1-2H3,(H,14,15,16). The second-order valence-electron chi connectivity index (χ2n) is 4.79. The van der Waals surface area contributed by atoms with Crippen LogP contribution >= 0.6 is 11.6 Å². The Kier molecular flexibility index (Phi) is 4.18. The molecular weight excluding hydrogens is 236 g/mol. The third kappa shape index (κ3) is 3.82. The van der Waals surface area contributed by atoms with Gasteiger partial charge in [-0.1, -0.05) is 0 Å². The molecule has 94 valence electrons. The van der Waals surface area contributed by atoms with Crippen LogP contribution in [0.15, 0.2) is 6.07 Å². The van der Waals surface area contributed by atoms with Crippen LogP contribution < -0.4 is 5.32 Å². The Hall–Kier alpha value is -0.870. The van der Waals surface area contributed by atoms with Gasteiger partial charge in [0.25, 0.3) is 0 Å². The van der Waals surface area contributed by atoms with Crippen molar-refractivity contribution in [2.45, 2.75) is 19.8 Å². The van der Waals surface area contributed by atoms with Crippen LogP contribution in [-0.4, -0.2) is 41.5 Å². The van der Waals surface area contributed by atoms with Gasteiger partial charge in [-0.2, -0.15) is 0 Å². The first-order valence-electron chi connectivity index (χ1n) is 6.07. The molecule has 0 amide bonds. The van der Waals surface area contributed by atoms with Crippen molar-refractivity contribution in [1.29, 1.82) is 0 Å². The number of piperidine rings is 1. The van der Waals surface area contributed by atoms with Crippen LogP contribution in [0.1, 0.15) is 18.5 Å². The predicted octanol–water partition coefficient (Wildman–Crippen LogP) is 2.19. The molecule has 17 heavy (non-hydrogen) atoms. The van der Waals surface area contributed by atoms with E-state index in [0.29, 0.717) is 5.28 Å². The van der Waals surface area contributed by atoms with Crippen molar-refractivity contribution in [2.75, 3.05) is 32.0 Å². The second-order valence-corrected chi connectivity index (χ2v) is 5.13. The molecular formula is C12H19ClN4. The minimum Gasteiger partial charge on any atom is -0.370 e. The predicted molar refractivity (Wildman–Crippen MR) is 70.5 cm³/mol. The third-order valence-corrected chi connectivity index (χ3v) is 3.41. The quantitative estimate of drug-likeness (QED) is 0.840. The number of likely N-dealkylation sites (tertiary alicyclic amines) is 1. The number of rotatable bonds is 3. The van der Waals surface area contributed by atoms with Crippen LogP contribution in [0, 0.1) is 12.8 Å². The fourth-order valence-corrected chi connectivity index (χ4v) is 2.36. The van der Waals surface area contributed by atoms with Gasteiger partial charge in [0.2, 0.25) is 5.28 Å².